The molecule has 0 bridgehead atoms. The molecule has 124 valence electrons. The van der Waals surface area contributed by atoms with E-state index in [1.807, 2.05) is 19.1 Å². The number of piperazine rings is 1. The molecule has 2 heterocycles. The molecule has 4 nitrogen and oxygen atoms in total. The molecule has 1 N–H and O–H groups in total. The number of benzene rings is 1. The van der Waals surface area contributed by atoms with Crippen molar-refractivity contribution in [2.45, 2.75) is 25.6 Å². The first-order chi connectivity index (χ1) is 11.2. The Hall–Kier alpha value is -0.980. The van der Waals surface area contributed by atoms with Gasteiger partial charge in [-0.25, -0.2) is 4.98 Å². The zero-order valence-electron chi connectivity index (χ0n) is 13.5. The second-order valence-corrected chi connectivity index (χ2v) is 7.06. The molecule has 1 aliphatic rings. The molecule has 2 aromatic rings. The average Bonchev–Trinajstić information content (AvgIpc) is 3.04. The molecule has 1 aromatic carbocycles. The zero-order valence-corrected chi connectivity index (χ0v) is 15.0. The van der Waals surface area contributed by atoms with E-state index in [2.05, 4.69) is 27.7 Å². The zero-order chi connectivity index (χ0) is 16.2. The van der Waals surface area contributed by atoms with Crippen molar-refractivity contribution in [1.29, 1.82) is 0 Å². The molecule has 1 fully saturated rings. The summed E-state index contributed by atoms with van der Waals surface area (Å²) in [5.74, 6) is 0. The molecule has 0 radical (unpaired) electrons. The van der Waals surface area contributed by atoms with E-state index in [0.717, 1.165) is 41.9 Å². The van der Waals surface area contributed by atoms with Crippen molar-refractivity contribution in [2.24, 2.45) is 0 Å². The molecule has 1 saturated heterocycles. The maximum Gasteiger partial charge on any atom is 0.122 e. The van der Waals surface area contributed by atoms with E-state index in [1.54, 1.807) is 18.4 Å². The van der Waals surface area contributed by atoms with Gasteiger partial charge in [-0.15, -0.1) is 11.3 Å². The van der Waals surface area contributed by atoms with Crippen LogP contribution in [0.25, 0.3) is 0 Å². The van der Waals surface area contributed by atoms with Gasteiger partial charge in [0.05, 0.1) is 5.69 Å². The predicted octanol–water partition coefficient (Wildman–Crippen LogP) is 3.65. The number of hydrogen-bond acceptors (Lipinski definition) is 5. The van der Waals surface area contributed by atoms with Crippen LogP contribution in [0.2, 0.25) is 5.02 Å². The molecule has 2 unspecified atom stereocenters. The Bertz CT molecular complexity index is 648. The van der Waals surface area contributed by atoms with Crippen LogP contribution < -0.4 is 5.32 Å². The first-order valence-corrected chi connectivity index (χ1v) is 9.11. The van der Waals surface area contributed by atoms with E-state index in [0.29, 0.717) is 0 Å². The van der Waals surface area contributed by atoms with Crippen molar-refractivity contribution < 1.29 is 4.74 Å². The van der Waals surface area contributed by atoms with Gasteiger partial charge in [0.2, 0.25) is 0 Å². The van der Waals surface area contributed by atoms with Crippen LogP contribution in [0.1, 0.15) is 35.3 Å². The van der Waals surface area contributed by atoms with Crippen LogP contribution in [-0.4, -0.2) is 36.6 Å². The van der Waals surface area contributed by atoms with Gasteiger partial charge >= 0.3 is 0 Å². The Morgan fingerprint density at radius 2 is 2.30 bits per heavy atom. The molecule has 0 aliphatic carbocycles. The van der Waals surface area contributed by atoms with Crippen molar-refractivity contribution in [2.75, 3.05) is 26.7 Å². The summed E-state index contributed by atoms with van der Waals surface area (Å²) in [6.07, 6.45) is 0.0520. The number of nitrogens with one attached hydrogen (secondary N) is 1. The highest BCUT2D eigenvalue weighted by atomic mass is 35.5. The van der Waals surface area contributed by atoms with Gasteiger partial charge in [0.25, 0.3) is 0 Å². The Morgan fingerprint density at radius 1 is 1.48 bits per heavy atom. The molecule has 0 spiro atoms. The minimum atomic E-state index is 0.0520. The number of methoxy groups -OCH3 is 1. The highest BCUT2D eigenvalue weighted by Gasteiger charge is 2.26. The van der Waals surface area contributed by atoms with E-state index < -0.39 is 0 Å². The van der Waals surface area contributed by atoms with Gasteiger partial charge in [0, 0.05) is 49.7 Å². The van der Waals surface area contributed by atoms with Gasteiger partial charge in [-0.3, -0.25) is 4.90 Å². The summed E-state index contributed by atoms with van der Waals surface area (Å²) in [5, 5.41) is 7.47. The van der Waals surface area contributed by atoms with Gasteiger partial charge < -0.3 is 10.1 Å². The number of halogens is 1. The summed E-state index contributed by atoms with van der Waals surface area (Å²) >= 11 is 8.07. The Balaban J connectivity index is 1.77. The van der Waals surface area contributed by atoms with E-state index >= 15 is 0 Å². The molecule has 23 heavy (non-hydrogen) atoms. The topological polar surface area (TPSA) is 37.4 Å². The van der Waals surface area contributed by atoms with Gasteiger partial charge in [0.1, 0.15) is 11.1 Å². The number of ether oxygens (including phenoxy) is 1. The highest BCUT2D eigenvalue weighted by molar-refractivity contribution is 7.09. The summed E-state index contributed by atoms with van der Waals surface area (Å²) in [4.78, 5) is 7.18. The fourth-order valence-electron chi connectivity index (χ4n) is 2.88. The third kappa shape index (κ3) is 3.92. The van der Waals surface area contributed by atoms with E-state index in [1.165, 1.54) is 5.56 Å². The molecule has 3 rings (SSSR count). The first kappa shape index (κ1) is 16.9. The van der Waals surface area contributed by atoms with Crippen molar-refractivity contribution in [3.8, 4) is 0 Å². The summed E-state index contributed by atoms with van der Waals surface area (Å²) in [7, 11) is 1.72. The van der Waals surface area contributed by atoms with Crippen LogP contribution >= 0.6 is 22.9 Å². The van der Waals surface area contributed by atoms with Crippen molar-refractivity contribution in [3.05, 3.63) is 50.9 Å². The number of hydrogen-bond donors (Lipinski definition) is 1. The average molecular weight is 352 g/mol. The van der Waals surface area contributed by atoms with Crippen LogP contribution in [0.3, 0.4) is 0 Å². The molecule has 2 atom stereocenters. The fraction of sp³-hybridized carbons (Fsp3) is 0.471. The maximum absolute atomic E-state index is 6.41. The molecule has 1 aliphatic heterocycles. The maximum atomic E-state index is 6.41. The van der Waals surface area contributed by atoms with E-state index in [9.17, 15) is 0 Å². The lowest BCUT2D eigenvalue weighted by Crippen LogP contribution is -2.45. The largest absolute Gasteiger partial charge is 0.375 e. The van der Waals surface area contributed by atoms with Gasteiger partial charge in [-0.1, -0.05) is 29.8 Å². The van der Waals surface area contributed by atoms with Crippen LogP contribution in [0.5, 0.6) is 0 Å². The second kappa shape index (κ2) is 7.73. The third-order valence-electron chi connectivity index (χ3n) is 4.25. The van der Waals surface area contributed by atoms with E-state index in [4.69, 9.17) is 21.3 Å². The SMILES string of the molecule is COC(C)c1nc(CN2CCNCC2c2ccccc2Cl)cs1. The lowest BCUT2D eigenvalue weighted by Gasteiger charge is -2.36. The summed E-state index contributed by atoms with van der Waals surface area (Å²) < 4.78 is 5.35. The lowest BCUT2D eigenvalue weighted by atomic mass is 10.0. The molecular weight excluding hydrogens is 330 g/mol. The van der Waals surface area contributed by atoms with Crippen LogP contribution in [0.4, 0.5) is 0 Å². The Morgan fingerprint density at radius 3 is 3.09 bits per heavy atom. The third-order valence-corrected chi connectivity index (χ3v) is 5.65. The van der Waals surface area contributed by atoms with Crippen molar-refractivity contribution >= 4 is 22.9 Å². The second-order valence-electron chi connectivity index (χ2n) is 5.77. The van der Waals surface area contributed by atoms with Gasteiger partial charge in [0.15, 0.2) is 0 Å². The summed E-state index contributed by atoms with van der Waals surface area (Å²) in [6.45, 7) is 5.76. The normalized spacial score (nSPS) is 20.6. The predicted molar refractivity (Wildman–Crippen MR) is 95.0 cm³/mol. The fourth-order valence-corrected chi connectivity index (χ4v) is 3.98. The highest BCUT2D eigenvalue weighted by Crippen LogP contribution is 2.30. The van der Waals surface area contributed by atoms with Crippen LogP contribution in [0.15, 0.2) is 29.6 Å². The molecular formula is C17H22ClN3OS. The Kier molecular flexibility index (Phi) is 5.67. The molecule has 1 aromatic heterocycles. The smallest absolute Gasteiger partial charge is 0.122 e. The van der Waals surface area contributed by atoms with Crippen LogP contribution in [0, 0.1) is 0 Å². The number of nitrogens with zero attached hydrogens (tertiary/aromatic N) is 2. The minimum Gasteiger partial charge on any atom is -0.375 e. The monoisotopic (exact) mass is 351 g/mol. The Labute approximate surface area is 146 Å². The first-order valence-electron chi connectivity index (χ1n) is 7.85. The summed E-state index contributed by atoms with van der Waals surface area (Å²) in [5.41, 5.74) is 2.29. The minimum absolute atomic E-state index is 0.0520. The number of aromatic nitrogens is 1. The van der Waals surface area contributed by atoms with Crippen molar-refractivity contribution in [3.63, 3.8) is 0 Å². The lowest BCUT2D eigenvalue weighted by molar-refractivity contribution is 0.118. The van der Waals surface area contributed by atoms with Crippen molar-refractivity contribution in [1.82, 2.24) is 15.2 Å². The molecule has 6 heteroatoms. The number of thiazole rings is 1. The van der Waals surface area contributed by atoms with Gasteiger partial charge in [-0.2, -0.15) is 0 Å². The molecule has 0 saturated carbocycles. The van der Waals surface area contributed by atoms with Crippen LogP contribution in [-0.2, 0) is 11.3 Å². The molecule has 0 amide bonds. The van der Waals surface area contributed by atoms with E-state index in [-0.39, 0.29) is 12.1 Å². The number of rotatable bonds is 5. The standard InChI is InChI=1S/C17H22ClN3OS/c1-12(22-2)17-20-13(11-23-17)10-21-8-7-19-9-16(21)14-5-3-4-6-15(14)18/h3-6,11-12,16,19H,7-10H2,1-2H3. The van der Waals surface area contributed by atoms with Gasteiger partial charge in [-0.05, 0) is 18.6 Å². The summed E-state index contributed by atoms with van der Waals surface area (Å²) in [6, 6.07) is 8.39. The quantitative estimate of drug-likeness (QED) is 0.892.